The van der Waals surface area contributed by atoms with Crippen LogP contribution < -0.4 is 0 Å². The minimum absolute atomic E-state index is 0.223. The Hall–Kier alpha value is -3.01. The molecule has 4 rings (SSSR count). The van der Waals surface area contributed by atoms with Crippen molar-refractivity contribution in [2.45, 2.75) is 0 Å². The Morgan fingerprint density at radius 3 is 2.33 bits per heavy atom. The molecule has 0 saturated carbocycles. The maximum absolute atomic E-state index is 11.6. The number of fused-ring (bicyclic) bond motifs is 2. The van der Waals surface area contributed by atoms with Gasteiger partial charge in [0, 0.05) is 39.1 Å². The average Bonchev–Trinajstić information content (AvgIpc) is 3.07. The second-order valence-corrected chi connectivity index (χ2v) is 4.97. The van der Waals surface area contributed by atoms with Crippen molar-refractivity contribution in [2.75, 3.05) is 0 Å². The van der Waals surface area contributed by atoms with E-state index >= 15 is 0 Å². The Labute approximate surface area is 120 Å². The highest BCUT2D eigenvalue weighted by Crippen LogP contribution is 2.36. The molecule has 0 saturated heterocycles. The molecule has 4 aromatic rings. The Bertz CT molecular complexity index is 979. The Balaban J connectivity index is 2.14. The van der Waals surface area contributed by atoms with Crippen molar-refractivity contribution in [3.8, 4) is 11.1 Å². The Kier molecular flexibility index (Phi) is 2.38. The second kappa shape index (κ2) is 4.24. The first-order chi connectivity index (χ1) is 10.3. The van der Waals surface area contributed by atoms with Crippen molar-refractivity contribution in [3.63, 3.8) is 0 Å². The Morgan fingerprint density at radius 2 is 1.57 bits per heavy atom. The number of aromatic nitrogens is 2. The van der Waals surface area contributed by atoms with Crippen LogP contribution in [0, 0.1) is 0 Å². The largest absolute Gasteiger partial charge is 0.477 e. The van der Waals surface area contributed by atoms with E-state index in [1.54, 1.807) is 0 Å². The van der Waals surface area contributed by atoms with Crippen molar-refractivity contribution in [1.29, 1.82) is 0 Å². The van der Waals surface area contributed by atoms with Gasteiger partial charge in [-0.15, -0.1) is 0 Å². The van der Waals surface area contributed by atoms with Crippen LogP contribution in [-0.2, 0) is 0 Å². The van der Waals surface area contributed by atoms with Crippen molar-refractivity contribution in [1.82, 2.24) is 9.97 Å². The first-order valence-electron chi connectivity index (χ1n) is 6.66. The zero-order valence-electron chi connectivity index (χ0n) is 11.1. The minimum Gasteiger partial charge on any atom is -0.477 e. The first kappa shape index (κ1) is 11.8. The third-order valence-electron chi connectivity index (χ3n) is 3.78. The average molecular weight is 276 g/mol. The summed E-state index contributed by atoms with van der Waals surface area (Å²) >= 11 is 0. The van der Waals surface area contributed by atoms with Gasteiger partial charge in [0.05, 0.1) is 0 Å². The number of aromatic carboxylic acids is 1. The predicted molar refractivity (Wildman–Crippen MR) is 82.6 cm³/mol. The fourth-order valence-corrected chi connectivity index (χ4v) is 2.86. The van der Waals surface area contributed by atoms with Crippen LogP contribution in [0.3, 0.4) is 0 Å². The topological polar surface area (TPSA) is 68.9 Å². The molecule has 0 atom stereocenters. The van der Waals surface area contributed by atoms with E-state index < -0.39 is 5.97 Å². The van der Waals surface area contributed by atoms with E-state index in [2.05, 4.69) is 9.97 Å². The number of aromatic amines is 2. The molecule has 2 aromatic carbocycles. The molecule has 4 heteroatoms. The highest BCUT2D eigenvalue weighted by atomic mass is 16.4. The van der Waals surface area contributed by atoms with Gasteiger partial charge in [-0.2, -0.15) is 0 Å². The summed E-state index contributed by atoms with van der Waals surface area (Å²) < 4.78 is 0. The summed E-state index contributed by atoms with van der Waals surface area (Å²) in [6, 6.07) is 15.5. The zero-order valence-corrected chi connectivity index (χ0v) is 11.1. The van der Waals surface area contributed by atoms with Crippen LogP contribution in [0.4, 0.5) is 0 Å². The van der Waals surface area contributed by atoms with Crippen LogP contribution in [0.1, 0.15) is 10.5 Å². The second-order valence-electron chi connectivity index (χ2n) is 4.97. The number of para-hydroxylation sites is 2. The molecule has 0 spiro atoms. The van der Waals surface area contributed by atoms with Crippen LogP contribution in [0.25, 0.3) is 32.9 Å². The summed E-state index contributed by atoms with van der Waals surface area (Å²) in [5.41, 5.74) is 3.68. The molecule has 0 aliphatic heterocycles. The fourth-order valence-electron chi connectivity index (χ4n) is 2.86. The van der Waals surface area contributed by atoms with Gasteiger partial charge in [-0.3, -0.25) is 0 Å². The summed E-state index contributed by atoms with van der Waals surface area (Å²) in [5, 5.41) is 11.4. The number of H-pyrrole nitrogens is 2. The number of carbonyl (C=O) groups is 1. The smallest absolute Gasteiger partial charge is 0.352 e. The molecule has 0 amide bonds. The van der Waals surface area contributed by atoms with E-state index in [4.69, 9.17) is 0 Å². The number of hydrogen-bond donors (Lipinski definition) is 3. The van der Waals surface area contributed by atoms with E-state index in [1.807, 2.05) is 54.7 Å². The van der Waals surface area contributed by atoms with Gasteiger partial charge in [0.15, 0.2) is 0 Å². The standard InChI is InChI=1S/C17H12N2O2/c20-17(21)16-15(11-6-2-4-8-14(11)19-16)12-9-18-13-7-3-1-5-10(12)13/h1-9,18-19H,(H,20,21). The highest BCUT2D eigenvalue weighted by Gasteiger charge is 2.20. The molecule has 102 valence electrons. The molecule has 0 fully saturated rings. The lowest BCUT2D eigenvalue weighted by Gasteiger charge is -2.00. The summed E-state index contributed by atoms with van der Waals surface area (Å²) in [5.74, 6) is -0.952. The van der Waals surface area contributed by atoms with E-state index in [1.165, 1.54) is 0 Å². The summed E-state index contributed by atoms with van der Waals surface area (Å²) in [4.78, 5) is 17.8. The number of carboxylic acid groups (broad SMARTS) is 1. The number of hydrogen-bond acceptors (Lipinski definition) is 1. The predicted octanol–water partition coefficient (Wildman–Crippen LogP) is 4.01. The zero-order chi connectivity index (χ0) is 14.4. The SMILES string of the molecule is O=C(O)c1[nH]c2ccccc2c1-c1c[nH]c2ccccc12. The third kappa shape index (κ3) is 1.66. The lowest BCUT2D eigenvalue weighted by Crippen LogP contribution is -1.98. The monoisotopic (exact) mass is 276 g/mol. The van der Waals surface area contributed by atoms with Crippen LogP contribution in [0.5, 0.6) is 0 Å². The molecular formula is C17H12N2O2. The molecule has 2 aromatic heterocycles. The van der Waals surface area contributed by atoms with Crippen LogP contribution in [0.15, 0.2) is 54.7 Å². The highest BCUT2D eigenvalue weighted by molar-refractivity contribution is 6.12. The summed E-state index contributed by atoms with van der Waals surface area (Å²) in [7, 11) is 0. The number of carboxylic acids is 1. The summed E-state index contributed by atoms with van der Waals surface area (Å²) in [6.45, 7) is 0. The Morgan fingerprint density at radius 1 is 0.905 bits per heavy atom. The van der Waals surface area contributed by atoms with Crippen molar-refractivity contribution < 1.29 is 9.90 Å². The number of benzene rings is 2. The van der Waals surface area contributed by atoms with Gasteiger partial charge >= 0.3 is 5.97 Å². The van der Waals surface area contributed by atoms with Crippen LogP contribution in [-0.4, -0.2) is 21.0 Å². The maximum atomic E-state index is 11.6. The molecular weight excluding hydrogens is 264 g/mol. The maximum Gasteiger partial charge on any atom is 0.352 e. The van der Waals surface area contributed by atoms with Crippen molar-refractivity contribution >= 4 is 27.8 Å². The van der Waals surface area contributed by atoms with E-state index in [9.17, 15) is 9.90 Å². The van der Waals surface area contributed by atoms with E-state index in [-0.39, 0.29) is 5.69 Å². The molecule has 21 heavy (non-hydrogen) atoms. The molecule has 3 N–H and O–H groups in total. The fraction of sp³-hybridized carbons (Fsp3) is 0. The normalized spacial score (nSPS) is 11.2. The van der Waals surface area contributed by atoms with E-state index in [0.717, 1.165) is 32.9 Å². The molecule has 0 aliphatic rings. The van der Waals surface area contributed by atoms with Crippen molar-refractivity contribution in [2.24, 2.45) is 0 Å². The van der Waals surface area contributed by atoms with Crippen LogP contribution in [0.2, 0.25) is 0 Å². The molecule has 0 unspecified atom stereocenters. The van der Waals surface area contributed by atoms with Crippen molar-refractivity contribution in [3.05, 3.63) is 60.4 Å². The third-order valence-corrected chi connectivity index (χ3v) is 3.78. The first-order valence-corrected chi connectivity index (χ1v) is 6.66. The minimum atomic E-state index is -0.952. The molecule has 0 bridgehead atoms. The van der Waals surface area contributed by atoms with Gasteiger partial charge < -0.3 is 15.1 Å². The molecule has 0 radical (unpaired) electrons. The van der Waals surface area contributed by atoms with Gasteiger partial charge in [0.25, 0.3) is 0 Å². The molecule has 4 nitrogen and oxygen atoms in total. The molecule has 0 aliphatic carbocycles. The van der Waals surface area contributed by atoms with Gasteiger partial charge in [0.2, 0.25) is 0 Å². The van der Waals surface area contributed by atoms with Gasteiger partial charge in [-0.1, -0.05) is 36.4 Å². The molecule has 2 heterocycles. The lowest BCUT2D eigenvalue weighted by molar-refractivity contribution is 0.0692. The number of rotatable bonds is 2. The van der Waals surface area contributed by atoms with Gasteiger partial charge in [-0.05, 0) is 12.1 Å². The van der Waals surface area contributed by atoms with Gasteiger partial charge in [-0.25, -0.2) is 4.79 Å². The summed E-state index contributed by atoms with van der Waals surface area (Å²) in [6.07, 6.45) is 1.87. The quantitative estimate of drug-likeness (QED) is 0.517. The van der Waals surface area contributed by atoms with E-state index in [0.29, 0.717) is 0 Å². The lowest BCUT2D eigenvalue weighted by atomic mass is 10.0. The number of nitrogens with one attached hydrogen (secondary N) is 2. The van der Waals surface area contributed by atoms with Crippen LogP contribution >= 0.6 is 0 Å². The van der Waals surface area contributed by atoms with Gasteiger partial charge in [0.1, 0.15) is 5.69 Å².